The highest BCUT2D eigenvalue weighted by atomic mass is 35.5. The minimum atomic E-state index is -0.979. The van der Waals surface area contributed by atoms with Crippen LogP contribution in [0.3, 0.4) is 0 Å². The maximum atomic E-state index is 11.8. The molecular formula is C11H11ClN2O2. The van der Waals surface area contributed by atoms with Gasteiger partial charge in [-0.2, -0.15) is 0 Å². The van der Waals surface area contributed by atoms with Crippen molar-refractivity contribution in [3.8, 4) is 0 Å². The van der Waals surface area contributed by atoms with Gasteiger partial charge < -0.3 is 5.32 Å². The SMILES string of the molecule is CC1(C)C(=O)Nc2ccccc2N1C(=O)Cl. The number of carbonyl (C=O) groups excluding carboxylic acids is 2. The molecule has 0 atom stereocenters. The fourth-order valence-corrected chi connectivity index (χ4v) is 2.07. The molecule has 16 heavy (non-hydrogen) atoms. The Hall–Kier alpha value is -1.55. The number of hydrogen-bond acceptors (Lipinski definition) is 2. The molecule has 0 fully saturated rings. The molecular weight excluding hydrogens is 228 g/mol. The predicted octanol–water partition coefficient (Wildman–Crippen LogP) is 2.58. The molecule has 0 aromatic heterocycles. The van der Waals surface area contributed by atoms with Crippen LogP contribution >= 0.6 is 11.6 Å². The predicted molar refractivity (Wildman–Crippen MR) is 62.9 cm³/mol. The molecule has 0 saturated heterocycles. The normalized spacial score (nSPS) is 17.7. The van der Waals surface area contributed by atoms with E-state index in [9.17, 15) is 9.59 Å². The van der Waals surface area contributed by atoms with Crippen LogP contribution in [0.25, 0.3) is 0 Å². The Kier molecular flexibility index (Phi) is 2.39. The Morgan fingerprint density at radius 1 is 1.38 bits per heavy atom. The van der Waals surface area contributed by atoms with Gasteiger partial charge in [-0.05, 0) is 37.6 Å². The number of hydrogen-bond donors (Lipinski definition) is 1. The number of para-hydroxylation sites is 2. The summed E-state index contributed by atoms with van der Waals surface area (Å²) in [5, 5.41) is 2.08. The number of nitrogens with zero attached hydrogens (tertiary/aromatic N) is 1. The lowest BCUT2D eigenvalue weighted by molar-refractivity contribution is -0.120. The Morgan fingerprint density at radius 3 is 2.62 bits per heavy atom. The first-order chi connectivity index (χ1) is 7.44. The van der Waals surface area contributed by atoms with Gasteiger partial charge in [0.25, 0.3) is 0 Å². The summed E-state index contributed by atoms with van der Waals surface area (Å²) >= 11 is 5.54. The highest BCUT2D eigenvalue weighted by molar-refractivity contribution is 6.66. The van der Waals surface area contributed by atoms with E-state index in [0.29, 0.717) is 11.4 Å². The summed E-state index contributed by atoms with van der Waals surface area (Å²) in [5.74, 6) is -0.250. The van der Waals surface area contributed by atoms with E-state index in [1.165, 1.54) is 4.90 Å². The van der Waals surface area contributed by atoms with E-state index < -0.39 is 10.9 Å². The summed E-state index contributed by atoms with van der Waals surface area (Å²) in [6, 6.07) is 7.06. The van der Waals surface area contributed by atoms with Crippen molar-refractivity contribution in [2.45, 2.75) is 19.4 Å². The van der Waals surface area contributed by atoms with E-state index in [1.54, 1.807) is 38.1 Å². The van der Waals surface area contributed by atoms with Crippen molar-refractivity contribution < 1.29 is 9.59 Å². The summed E-state index contributed by atoms with van der Waals surface area (Å²) in [5.41, 5.74) is 0.237. The van der Waals surface area contributed by atoms with Crippen LogP contribution < -0.4 is 10.2 Å². The van der Waals surface area contributed by atoms with E-state index in [-0.39, 0.29) is 5.91 Å². The summed E-state index contributed by atoms with van der Waals surface area (Å²) in [6.45, 7) is 3.30. The molecule has 1 N–H and O–H groups in total. The van der Waals surface area contributed by atoms with Crippen LogP contribution in [0.1, 0.15) is 13.8 Å². The molecule has 5 heteroatoms. The first-order valence-corrected chi connectivity index (χ1v) is 5.22. The van der Waals surface area contributed by atoms with Gasteiger partial charge in [0.15, 0.2) is 0 Å². The van der Waals surface area contributed by atoms with Crippen LogP contribution in [0.15, 0.2) is 24.3 Å². The molecule has 84 valence electrons. The molecule has 1 aliphatic rings. The number of carbonyl (C=O) groups is 2. The number of benzene rings is 1. The van der Waals surface area contributed by atoms with Gasteiger partial charge in [-0.3, -0.25) is 14.5 Å². The zero-order chi connectivity index (χ0) is 11.9. The van der Waals surface area contributed by atoms with Gasteiger partial charge in [-0.25, -0.2) is 0 Å². The zero-order valence-electron chi connectivity index (χ0n) is 8.95. The van der Waals surface area contributed by atoms with E-state index in [2.05, 4.69) is 5.32 Å². The van der Waals surface area contributed by atoms with Gasteiger partial charge in [-0.1, -0.05) is 12.1 Å². The van der Waals surface area contributed by atoms with Gasteiger partial charge in [0.05, 0.1) is 11.4 Å². The van der Waals surface area contributed by atoms with Crippen LogP contribution in [-0.2, 0) is 4.79 Å². The fourth-order valence-electron chi connectivity index (χ4n) is 1.77. The Balaban J connectivity index is 2.62. The smallest absolute Gasteiger partial charge is 0.321 e. The van der Waals surface area contributed by atoms with Gasteiger partial charge in [0.2, 0.25) is 5.91 Å². The molecule has 0 unspecified atom stereocenters. The number of halogens is 1. The number of amides is 2. The summed E-state index contributed by atoms with van der Waals surface area (Å²) < 4.78 is 0. The summed E-state index contributed by atoms with van der Waals surface area (Å²) in [6.07, 6.45) is 0. The van der Waals surface area contributed by atoms with Gasteiger partial charge in [0.1, 0.15) is 5.54 Å². The van der Waals surface area contributed by atoms with Gasteiger partial charge in [0, 0.05) is 0 Å². The maximum absolute atomic E-state index is 11.8. The highest BCUT2D eigenvalue weighted by Crippen LogP contribution is 2.37. The summed E-state index contributed by atoms with van der Waals surface area (Å²) in [7, 11) is 0. The second kappa shape index (κ2) is 3.49. The monoisotopic (exact) mass is 238 g/mol. The van der Waals surface area contributed by atoms with Crippen molar-refractivity contribution in [2.24, 2.45) is 0 Å². The molecule has 1 aromatic carbocycles. The Morgan fingerprint density at radius 2 is 2.00 bits per heavy atom. The minimum Gasteiger partial charge on any atom is -0.322 e. The van der Waals surface area contributed by atoms with Crippen molar-refractivity contribution in [3.05, 3.63) is 24.3 Å². The molecule has 4 nitrogen and oxygen atoms in total. The highest BCUT2D eigenvalue weighted by Gasteiger charge is 2.42. The third-order valence-electron chi connectivity index (χ3n) is 2.68. The quantitative estimate of drug-likeness (QED) is 0.558. The molecule has 0 bridgehead atoms. The zero-order valence-corrected chi connectivity index (χ0v) is 9.71. The number of fused-ring (bicyclic) bond motifs is 1. The molecule has 1 aliphatic heterocycles. The number of anilines is 2. The summed E-state index contributed by atoms with van der Waals surface area (Å²) in [4.78, 5) is 24.6. The van der Waals surface area contributed by atoms with Crippen LogP contribution in [0.4, 0.5) is 16.2 Å². The maximum Gasteiger partial charge on any atom is 0.321 e. The molecule has 2 amide bonds. The first-order valence-electron chi connectivity index (χ1n) is 4.85. The van der Waals surface area contributed by atoms with Crippen LogP contribution in [0, 0.1) is 0 Å². The molecule has 1 heterocycles. The lowest BCUT2D eigenvalue weighted by atomic mass is 9.97. The second-order valence-electron chi connectivity index (χ2n) is 4.12. The van der Waals surface area contributed by atoms with Crippen molar-refractivity contribution in [1.82, 2.24) is 0 Å². The van der Waals surface area contributed by atoms with Gasteiger partial charge >= 0.3 is 5.37 Å². The van der Waals surface area contributed by atoms with E-state index in [0.717, 1.165) is 0 Å². The van der Waals surface area contributed by atoms with Crippen LogP contribution in [0.5, 0.6) is 0 Å². The molecule has 0 radical (unpaired) electrons. The fraction of sp³-hybridized carbons (Fsp3) is 0.273. The van der Waals surface area contributed by atoms with Crippen LogP contribution in [-0.4, -0.2) is 16.8 Å². The molecule has 0 saturated carbocycles. The topological polar surface area (TPSA) is 49.4 Å². The Labute approximate surface area is 98.2 Å². The number of nitrogens with one attached hydrogen (secondary N) is 1. The first kappa shape index (κ1) is 11.0. The number of rotatable bonds is 0. The van der Waals surface area contributed by atoms with Crippen molar-refractivity contribution in [1.29, 1.82) is 0 Å². The lowest BCUT2D eigenvalue weighted by Gasteiger charge is -2.40. The average Bonchev–Trinajstić information content (AvgIpc) is 2.18. The third kappa shape index (κ3) is 1.46. The average molecular weight is 239 g/mol. The molecule has 2 rings (SSSR count). The van der Waals surface area contributed by atoms with E-state index in [1.807, 2.05) is 0 Å². The standard InChI is InChI=1S/C11H11ClN2O2/c1-11(2)9(15)13-7-5-3-4-6-8(7)14(11)10(12)16/h3-6H,1-2H3,(H,13,15). The van der Waals surface area contributed by atoms with E-state index in [4.69, 9.17) is 11.6 Å². The lowest BCUT2D eigenvalue weighted by Crippen LogP contribution is -2.57. The van der Waals surface area contributed by atoms with Crippen molar-refractivity contribution >= 4 is 34.2 Å². The molecule has 0 spiro atoms. The van der Waals surface area contributed by atoms with Crippen LogP contribution in [0.2, 0.25) is 0 Å². The third-order valence-corrected chi connectivity index (χ3v) is 2.85. The largest absolute Gasteiger partial charge is 0.322 e. The van der Waals surface area contributed by atoms with E-state index >= 15 is 0 Å². The second-order valence-corrected chi connectivity index (χ2v) is 4.44. The molecule has 0 aliphatic carbocycles. The molecule has 1 aromatic rings. The minimum absolute atomic E-state index is 0.250. The van der Waals surface area contributed by atoms with Crippen molar-refractivity contribution in [2.75, 3.05) is 10.2 Å². The van der Waals surface area contributed by atoms with Gasteiger partial charge in [-0.15, -0.1) is 0 Å². The Bertz CT molecular complexity index is 471. The van der Waals surface area contributed by atoms with Crippen molar-refractivity contribution in [3.63, 3.8) is 0 Å².